The monoisotopic (exact) mass is 240 g/mol. The second-order valence-corrected chi connectivity index (χ2v) is 5.94. The predicted molar refractivity (Wildman–Crippen MR) is 62.9 cm³/mol. The molecule has 0 aliphatic heterocycles. The number of rotatable bonds is 5. The molecule has 0 saturated heterocycles. The highest BCUT2D eigenvalue weighted by Crippen LogP contribution is 2.39. The van der Waals surface area contributed by atoms with Gasteiger partial charge in [-0.1, -0.05) is 24.3 Å². The number of benzene rings is 1. The predicted octanol–water partition coefficient (Wildman–Crippen LogP) is 2.08. The van der Waals surface area contributed by atoms with Crippen LogP contribution >= 0.6 is 0 Å². The molecule has 0 radical (unpaired) electrons. The SMILES string of the molecule is CS(=O)(=O)OCCc1ccc(C2CC2)cc1. The molecule has 2 rings (SSSR count). The van der Waals surface area contributed by atoms with E-state index in [1.54, 1.807) is 0 Å². The molecule has 0 heterocycles. The molecule has 0 bridgehead atoms. The average molecular weight is 240 g/mol. The molecule has 1 aliphatic rings. The van der Waals surface area contributed by atoms with Crippen LogP contribution in [0.15, 0.2) is 24.3 Å². The first-order chi connectivity index (χ1) is 7.54. The lowest BCUT2D eigenvalue weighted by Gasteiger charge is -2.03. The van der Waals surface area contributed by atoms with Gasteiger partial charge in [-0.25, -0.2) is 0 Å². The second-order valence-electron chi connectivity index (χ2n) is 4.29. The summed E-state index contributed by atoms with van der Waals surface area (Å²) in [5, 5.41) is 0. The second kappa shape index (κ2) is 4.55. The van der Waals surface area contributed by atoms with E-state index in [1.165, 1.54) is 18.4 Å². The molecule has 3 nitrogen and oxygen atoms in total. The maximum Gasteiger partial charge on any atom is 0.264 e. The molecule has 0 spiro atoms. The van der Waals surface area contributed by atoms with Crippen molar-refractivity contribution in [3.8, 4) is 0 Å². The van der Waals surface area contributed by atoms with Gasteiger partial charge >= 0.3 is 0 Å². The van der Waals surface area contributed by atoms with Crippen LogP contribution in [-0.2, 0) is 20.7 Å². The molecule has 1 aromatic carbocycles. The Morgan fingerprint density at radius 1 is 1.25 bits per heavy atom. The molecule has 0 amide bonds. The highest BCUT2D eigenvalue weighted by atomic mass is 32.2. The minimum absolute atomic E-state index is 0.224. The Morgan fingerprint density at radius 3 is 2.38 bits per heavy atom. The van der Waals surface area contributed by atoms with Gasteiger partial charge in [-0.3, -0.25) is 4.18 Å². The Morgan fingerprint density at radius 2 is 1.88 bits per heavy atom. The van der Waals surface area contributed by atoms with E-state index >= 15 is 0 Å². The third-order valence-corrected chi connectivity index (χ3v) is 3.31. The zero-order valence-corrected chi connectivity index (χ0v) is 10.2. The molecule has 0 unspecified atom stereocenters. The minimum atomic E-state index is -3.31. The topological polar surface area (TPSA) is 43.4 Å². The maximum absolute atomic E-state index is 10.8. The van der Waals surface area contributed by atoms with Gasteiger partial charge in [-0.2, -0.15) is 8.42 Å². The lowest BCUT2D eigenvalue weighted by Crippen LogP contribution is -2.06. The Balaban J connectivity index is 1.85. The van der Waals surface area contributed by atoms with E-state index in [4.69, 9.17) is 4.18 Å². The largest absolute Gasteiger partial charge is 0.270 e. The summed E-state index contributed by atoms with van der Waals surface area (Å²) >= 11 is 0. The van der Waals surface area contributed by atoms with Gasteiger partial charge in [0, 0.05) is 0 Å². The van der Waals surface area contributed by atoms with Crippen LogP contribution in [0.1, 0.15) is 29.9 Å². The summed E-state index contributed by atoms with van der Waals surface area (Å²) < 4.78 is 26.2. The van der Waals surface area contributed by atoms with Crippen LogP contribution in [0.2, 0.25) is 0 Å². The molecule has 0 N–H and O–H groups in total. The summed E-state index contributed by atoms with van der Waals surface area (Å²) in [4.78, 5) is 0. The summed E-state index contributed by atoms with van der Waals surface area (Å²) in [7, 11) is -3.31. The van der Waals surface area contributed by atoms with Crippen molar-refractivity contribution in [2.75, 3.05) is 12.9 Å². The fourth-order valence-corrected chi connectivity index (χ4v) is 2.07. The van der Waals surface area contributed by atoms with Crippen LogP contribution in [0.3, 0.4) is 0 Å². The molecule has 1 aromatic rings. The molecular weight excluding hydrogens is 224 g/mol. The molecule has 0 aromatic heterocycles. The van der Waals surface area contributed by atoms with E-state index in [1.807, 2.05) is 0 Å². The lowest BCUT2D eigenvalue weighted by atomic mass is 10.1. The summed E-state index contributed by atoms with van der Waals surface area (Å²) in [5.41, 5.74) is 2.51. The summed E-state index contributed by atoms with van der Waals surface area (Å²) in [5.74, 6) is 0.765. The van der Waals surface area contributed by atoms with Crippen molar-refractivity contribution in [1.82, 2.24) is 0 Å². The highest BCUT2D eigenvalue weighted by molar-refractivity contribution is 7.85. The fourth-order valence-electron chi connectivity index (χ4n) is 1.68. The number of hydrogen-bond acceptors (Lipinski definition) is 3. The first-order valence-electron chi connectivity index (χ1n) is 5.48. The van der Waals surface area contributed by atoms with E-state index < -0.39 is 10.1 Å². The molecule has 1 saturated carbocycles. The Hall–Kier alpha value is -0.870. The van der Waals surface area contributed by atoms with Gasteiger partial charge in [0.15, 0.2) is 0 Å². The van der Waals surface area contributed by atoms with Gasteiger partial charge in [0.1, 0.15) is 0 Å². The first-order valence-corrected chi connectivity index (χ1v) is 7.29. The van der Waals surface area contributed by atoms with E-state index in [0.29, 0.717) is 6.42 Å². The zero-order valence-electron chi connectivity index (χ0n) is 9.35. The van der Waals surface area contributed by atoms with Crippen LogP contribution in [-0.4, -0.2) is 21.3 Å². The minimum Gasteiger partial charge on any atom is -0.270 e. The normalized spacial score (nSPS) is 16.3. The maximum atomic E-state index is 10.8. The van der Waals surface area contributed by atoms with Crippen molar-refractivity contribution in [1.29, 1.82) is 0 Å². The standard InChI is InChI=1S/C12H16O3S/c1-16(13,14)15-9-8-10-2-4-11(5-3-10)12-6-7-12/h2-5,12H,6-9H2,1H3. The van der Waals surface area contributed by atoms with Gasteiger partial charge in [-0.15, -0.1) is 0 Å². The van der Waals surface area contributed by atoms with Crippen molar-refractivity contribution >= 4 is 10.1 Å². The van der Waals surface area contributed by atoms with Crippen molar-refractivity contribution in [2.45, 2.75) is 25.2 Å². The molecule has 1 aliphatic carbocycles. The summed E-state index contributed by atoms with van der Waals surface area (Å²) in [6.45, 7) is 0.224. The van der Waals surface area contributed by atoms with Crippen molar-refractivity contribution in [3.05, 3.63) is 35.4 Å². The van der Waals surface area contributed by atoms with E-state index in [-0.39, 0.29) is 6.61 Å². The number of hydrogen-bond donors (Lipinski definition) is 0. The van der Waals surface area contributed by atoms with E-state index in [2.05, 4.69) is 24.3 Å². The molecule has 1 fully saturated rings. The summed E-state index contributed by atoms with van der Waals surface area (Å²) in [6.07, 6.45) is 4.31. The first kappa shape index (κ1) is 11.6. The van der Waals surface area contributed by atoms with E-state index in [0.717, 1.165) is 17.7 Å². The van der Waals surface area contributed by atoms with Crippen LogP contribution in [0, 0.1) is 0 Å². The van der Waals surface area contributed by atoms with Gasteiger partial charge in [0.05, 0.1) is 12.9 Å². The van der Waals surface area contributed by atoms with Gasteiger partial charge < -0.3 is 0 Å². The molecule has 4 heteroatoms. The molecule has 16 heavy (non-hydrogen) atoms. The lowest BCUT2D eigenvalue weighted by molar-refractivity contribution is 0.326. The fraction of sp³-hybridized carbons (Fsp3) is 0.500. The zero-order chi connectivity index (χ0) is 11.6. The third-order valence-electron chi connectivity index (χ3n) is 2.72. The van der Waals surface area contributed by atoms with Crippen LogP contribution < -0.4 is 0 Å². The quantitative estimate of drug-likeness (QED) is 0.740. The molecular formula is C12H16O3S. The van der Waals surface area contributed by atoms with Crippen molar-refractivity contribution in [3.63, 3.8) is 0 Å². The average Bonchev–Trinajstić information content (AvgIpc) is 3.00. The smallest absolute Gasteiger partial charge is 0.264 e. The van der Waals surface area contributed by atoms with Crippen molar-refractivity contribution < 1.29 is 12.6 Å². The van der Waals surface area contributed by atoms with E-state index in [9.17, 15) is 8.42 Å². The third kappa shape index (κ3) is 3.61. The van der Waals surface area contributed by atoms with Gasteiger partial charge in [0.2, 0.25) is 0 Å². The van der Waals surface area contributed by atoms with Gasteiger partial charge in [0.25, 0.3) is 10.1 Å². The molecule has 0 atom stereocenters. The van der Waals surface area contributed by atoms with Gasteiger partial charge in [-0.05, 0) is 36.3 Å². The Bertz CT molecular complexity index is 444. The summed E-state index contributed by atoms with van der Waals surface area (Å²) in [6, 6.07) is 8.37. The highest BCUT2D eigenvalue weighted by Gasteiger charge is 2.22. The van der Waals surface area contributed by atoms with Crippen molar-refractivity contribution in [2.24, 2.45) is 0 Å². The Labute approximate surface area is 96.6 Å². The Kier molecular flexibility index (Phi) is 3.30. The van der Waals surface area contributed by atoms with Crippen LogP contribution in [0.4, 0.5) is 0 Å². The van der Waals surface area contributed by atoms with Crippen LogP contribution in [0.25, 0.3) is 0 Å². The molecule has 88 valence electrons. The van der Waals surface area contributed by atoms with Crippen LogP contribution in [0.5, 0.6) is 0 Å².